The van der Waals surface area contributed by atoms with Gasteiger partial charge in [0, 0.05) is 11.6 Å². The second-order valence-electron chi connectivity index (χ2n) is 3.64. The lowest BCUT2D eigenvalue weighted by Gasteiger charge is -2.13. The molecule has 0 spiro atoms. The van der Waals surface area contributed by atoms with E-state index in [9.17, 15) is 14.0 Å². The van der Waals surface area contributed by atoms with E-state index < -0.39 is 23.9 Å². The first-order valence-corrected chi connectivity index (χ1v) is 6.47. The molecule has 0 saturated heterocycles. The van der Waals surface area contributed by atoms with Gasteiger partial charge in [0.1, 0.15) is 5.82 Å². The molecule has 0 aliphatic rings. The summed E-state index contributed by atoms with van der Waals surface area (Å²) in [6.07, 6.45) is -1.16. The van der Waals surface area contributed by atoms with Gasteiger partial charge >= 0.3 is 12.0 Å². The van der Waals surface area contributed by atoms with Crippen LogP contribution in [0.1, 0.15) is 0 Å². The summed E-state index contributed by atoms with van der Waals surface area (Å²) in [5.74, 6) is -1.76. The number of ether oxygens (including phenoxy) is 1. The maximum atomic E-state index is 13.0. The van der Waals surface area contributed by atoms with E-state index in [2.05, 4.69) is 31.3 Å². The molecule has 1 rings (SSSR count). The maximum absolute atomic E-state index is 13.0. The minimum atomic E-state index is -1.20. The summed E-state index contributed by atoms with van der Waals surface area (Å²) in [5, 5.41) is 13.4. The summed E-state index contributed by atoms with van der Waals surface area (Å²) in [4.78, 5) is 22.3. The third-order valence-electron chi connectivity index (χ3n) is 2.25. The van der Waals surface area contributed by atoms with Crippen LogP contribution in [0.15, 0.2) is 16.6 Å². The highest BCUT2D eigenvalue weighted by Gasteiger charge is 2.18. The molecule has 2 amide bonds. The third kappa shape index (κ3) is 4.62. The number of rotatable bonds is 5. The van der Waals surface area contributed by atoms with Gasteiger partial charge in [-0.05, 0) is 28.1 Å². The molecule has 0 radical (unpaired) electrons. The van der Waals surface area contributed by atoms with Crippen LogP contribution in [0.5, 0.6) is 0 Å². The molecule has 20 heavy (non-hydrogen) atoms. The molecule has 1 aromatic rings. The number of nitrogens with one attached hydrogen (secondary N) is 2. The van der Waals surface area contributed by atoms with Crippen molar-refractivity contribution in [2.75, 3.05) is 19.0 Å². The number of carboxylic acids is 1. The lowest BCUT2D eigenvalue weighted by molar-refractivity contribution is -0.147. The van der Waals surface area contributed by atoms with Crippen LogP contribution in [0, 0.1) is 5.82 Å². The van der Waals surface area contributed by atoms with E-state index in [0.717, 1.165) is 12.1 Å². The topological polar surface area (TPSA) is 87.7 Å². The number of amides is 2. The number of carboxylic acid groups (broad SMARTS) is 1. The Labute approximate surface area is 127 Å². The smallest absolute Gasteiger partial charge is 0.334 e. The van der Waals surface area contributed by atoms with E-state index in [4.69, 9.17) is 16.7 Å². The Morgan fingerprint density at radius 1 is 1.55 bits per heavy atom. The molecule has 0 saturated carbocycles. The monoisotopic (exact) mass is 368 g/mol. The molecule has 0 bridgehead atoms. The number of anilines is 1. The van der Waals surface area contributed by atoms with Gasteiger partial charge in [-0.3, -0.25) is 0 Å². The number of hydrogen-bond acceptors (Lipinski definition) is 3. The van der Waals surface area contributed by atoms with Crippen LogP contribution in [-0.4, -0.2) is 36.9 Å². The maximum Gasteiger partial charge on any atom is 0.334 e. The number of urea groups is 1. The second kappa shape index (κ2) is 7.41. The highest BCUT2D eigenvalue weighted by molar-refractivity contribution is 9.10. The zero-order valence-corrected chi connectivity index (χ0v) is 12.6. The molecule has 0 aliphatic heterocycles. The van der Waals surface area contributed by atoms with Gasteiger partial charge < -0.3 is 20.5 Å². The van der Waals surface area contributed by atoms with Crippen LogP contribution in [0.25, 0.3) is 0 Å². The van der Waals surface area contributed by atoms with Crippen molar-refractivity contribution in [3.63, 3.8) is 0 Å². The number of carbonyl (C=O) groups is 2. The first-order valence-electron chi connectivity index (χ1n) is 5.30. The van der Waals surface area contributed by atoms with E-state index >= 15 is 0 Å². The number of methoxy groups -OCH3 is 1. The predicted molar refractivity (Wildman–Crippen MR) is 74.6 cm³/mol. The van der Waals surface area contributed by atoms with Gasteiger partial charge in [0.25, 0.3) is 0 Å². The Hall–Kier alpha value is -1.38. The zero-order chi connectivity index (χ0) is 15.3. The van der Waals surface area contributed by atoms with E-state index in [1.165, 1.54) is 7.11 Å². The summed E-state index contributed by atoms with van der Waals surface area (Å²) in [6.45, 7) is -0.228. The van der Waals surface area contributed by atoms with Crippen molar-refractivity contribution in [3.05, 3.63) is 27.4 Å². The van der Waals surface area contributed by atoms with Crippen LogP contribution in [-0.2, 0) is 9.53 Å². The van der Waals surface area contributed by atoms with E-state index in [1.54, 1.807) is 0 Å². The van der Waals surface area contributed by atoms with Crippen molar-refractivity contribution in [3.8, 4) is 0 Å². The molecule has 3 N–H and O–H groups in total. The fourth-order valence-electron chi connectivity index (χ4n) is 1.28. The zero-order valence-electron chi connectivity index (χ0n) is 10.2. The number of benzene rings is 1. The van der Waals surface area contributed by atoms with Crippen LogP contribution in [0.2, 0.25) is 5.02 Å². The molecule has 0 aromatic heterocycles. The Balaban J connectivity index is 2.66. The van der Waals surface area contributed by atoms with Crippen molar-refractivity contribution >= 4 is 45.2 Å². The summed E-state index contributed by atoms with van der Waals surface area (Å²) in [5.41, 5.74) is 0.176. The van der Waals surface area contributed by atoms with Gasteiger partial charge in [0.05, 0.1) is 17.3 Å². The van der Waals surface area contributed by atoms with E-state index in [-0.39, 0.29) is 21.7 Å². The molecule has 0 fully saturated rings. The molecule has 1 unspecified atom stereocenters. The Morgan fingerprint density at radius 2 is 2.20 bits per heavy atom. The molecule has 1 aromatic carbocycles. The van der Waals surface area contributed by atoms with Crippen molar-refractivity contribution in [1.82, 2.24) is 5.32 Å². The highest BCUT2D eigenvalue weighted by atomic mass is 79.9. The lowest BCUT2D eigenvalue weighted by atomic mass is 10.3. The van der Waals surface area contributed by atoms with Crippen LogP contribution < -0.4 is 10.6 Å². The molecule has 0 aliphatic carbocycles. The minimum Gasteiger partial charge on any atom is -0.479 e. The summed E-state index contributed by atoms with van der Waals surface area (Å²) in [7, 11) is 1.21. The van der Waals surface area contributed by atoms with Gasteiger partial charge in [0.2, 0.25) is 0 Å². The molecule has 110 valence electrons. The van der Waals surface area contributed by atoms with Gasteiger partial charge in [-0.15, -0.1) is 0 Å². The van der Waals surface area contributed by atoms with Crippen molar-refractivity contribution in [2.45, 2.75) is 6.10 Å². The van der Waals surface area contributed by atoms with Gasteiger partial charge in [0.15, 0.2) is 6.10 Å². The Morgan fingerprint density at radius 3 is 2.70 bits per heavy atom. The number of hydrogen-bond donors (Lipinski definition) is 3. The average Bonchev–Trinajstić information content (AvgIpc) is 2.34. The largest absolute Gasteiger partial charge is 0.479 e. The van der Waals surface area contributed by atoms with E-state index in [1.807, 2.05) is 0 Å². The van der Waals surface area contributed by atoms with Crippen molar-refractivity contribution < 1.29 is 23.8 Å². The average molecular weight is 370 g/mol. The molecule has 0 heterocycles. The van der Waals surface area contributed by atoms with Gasteiger partial charge in [-0.2, -0.15) is 0 Å². The minimum absolute atomic E-state index is 0.00792. The van der Waals surface area contributed by atoms with Gasteiger partial charge in [-0.1, -0.05) is 11.6 Å². The highest BCUT2D eigenvalue weighted by Crippen LogP contribution is 2.31. The normalized spacial score (nSPS) is 11.8. The molecule has 9 heteroatoms. The van der Waals surface area contributed by atoms with Gasteiger partial charge in [-0.25, -0.2) is 14.0 Å². The number of aliphatic carboxylic acids is 1. The van der Waals surface area contributed by atoms with Crippen molar-refractivity contribution in [2.24, 2.45) is 0 Å². The third-order valence-corrected chi connectivity index (χ3v) is 3.18. The lowest BCUT2D eigenvalue weighted by Crippen LogP contribution is -2.39. The first-order chi connectivity index (χ1) is 9.35. The molecular weight excluding hydrogens is 358 g/mol. The number of halogens is 3. The predicted octanol–water partition coefficient (Wildman–Crippen LogP) is 2.46. The van der Waals surface area contributed by atoms with Crippen LogP contribution in [0.4, 0.5) is 14.9 Å². The molecule has 6 nitrogen and oxygen atoms in total. The summed E-state index contributed by atoms with van der Waals surface area (Å²) < 4.78 is 17.9. The second-order valence-corrected chi connectivity index (χ2v) is 4.90. The van der Waals surface area contributed by atoms with E-state index in [0.29, 0.717) is 0 Å². The Bertz CT molecular complexity index is 506. The van der Waals surface area contributed by atoms with Crippen LogP contribution >= 0.6 is 27.5 Å². The number of carbonyl (C=O) groups excluding carboxylic acids is 1. The SMILES string of the molecule is COC(CNC(=O)Nc1c(Cl)cc(F)cc1Br)C(=O)O. The summed E-state index contributed by atoms with van der Waals surface area (Å²) in [6, 6.07) is 1.48. The summed E-state index contributed by atoms with van der Waals surface area (Å²) >= 11 is 8.85. The Kier molecular flexibility index (Phi) is 6.18. The van der Waals surface area contributed by atoms with Crippen LogP contribution in [0.3, 0.4) is 0 Å². The molecule has 1 atom stereocenters. The fraction of sp³-hybridized carbons (Fsp3) is 0.273. The van der Waals surface area contributed by atoms with Crippen molar-refractivity contribution in [1.29, 1.82) is 0 Å². The first kappa shape index (κ1) is 16.7. The standard InChI is InChI=1S/C11H11BrClFN2O4/c1-20-8(10(17)18)4-15-11(19)16-9-6(12)2-5(14)3-7(9)13/h2-3,8H,4H2,1H3,(H,17,18)(H2,15,16,19). The molecular formula is C11H11BrClFN2O4. The quantitative estimate of drug-likeness (QED) is 0.744. The fourth-order valence-corrected chi connectivity index (χ4v) is 2.18.